The number of hydrogen-bond acceptors (Lipinski definition) is 4. The highest BCUT2D eigenvalue weighted by Crippen LogP contribution is 2.38. The molecule has 2 aromatic rings. The number of anilines is 1. The fourth-order valence-corrected chi connectivity index (χ4v) is 3.18. The van der Waals surface area contributed by atoms with E-state index >= 15 is 0 Å². The van der Waals surface area contributed by atoms with Gasteiger partial charge in [-0.25, -0.2) is 4.79 Å². The highest BCUT2D eigenvalue weighted by atomic mass is 16.5. The maximum absolute atomic E-state index is 12.4. The lowest BCUT2D eigenvalue weighted by atomic mass is 10.1. The monoisotopic (exact) mass is 377 g/mol. The minimum Gasteiger partial charge on any atom is -0.448 e. The molecule has 0 bridgehead atoms. The van der Waals surface area contributed by atoms with Crippen molar-refractivity contribution in [3.8, 4) is 6.07 Å². The summed E-state index contributed by atoms with van der Waals surface area (Å²) in [6, 6.07) is 13.3. The van der Waals surface area contributed by atoms with Gasteiger partial charge >= 0.3 is 5.97 Å². The zero-order valence-electron chi connectivity index (χ0n) is 16.2. The van der Waals surface area contributed by atoms with Crippen LogP contribution < -0.4 is 5.32 Å². The van der Waals surface area contributed by atoms with Gasteiger partial charge in [-0.3, -0.25) is 4.79 Å². The first kappa shape index (κ1) is 19.4. The number of carbonyl (C=O) groups is 2. The molecule has 1 heterocycles. The number of esters is 1. The van der Waals surface area contributed by atoms with Crippen LogP contribution in [0.1, 0.15) is 42.8 Å². The average molecular weight is 377 g/mol. The van der Waals surface area contributed by atoms with Gasteiger partial charge in [0.2, 0.25) is 0 Å². The van der Waals surface area contributed by atoms with Gasteiger partial charge < -0.3 is 14.6 Å². The molecule has 0 aliphatic heterocycles. The minimum absolute atomic E-state index is 0.129. The number of nitrogens with zero attached hydrogens (tertiary/aromatic N) is 2. The van der Waals surface area contributed by atoms with Crippen molar-refractivity contribution < 1.29 is 14.3 Å². The van der Waals surface area contributed by atoms with E-state index < -0.39 is 18.0 Å². The Balaban J connectivity index is 1.70. The predicted molar refractivity (Wildman–Crippen MR) is 106 cm³/mol. The molecule has 1 aliphatic rings. The zero-order valence-corrected chi connectivity index (χ0v) is 16.2. The van der Waals surface area contributed by atoms with Gasteiger partial charge in [-0.15, -0.1) is 0 Å². The lowest BCUT2D eigenvalue weighted by Crippen LogP contribution is -2.30. The number of carbonyl (C=O) groups excluding carboxylic acids is 2. The molecule has 28 heavy (non-hydrogen) atoms. The molecule has 0 radical (unpaired) electrons. The second kappa shape index (κ2) is 8.13. The summed E-state index contributed by atoms with van der Waals surface area (Å²) in [6.45, 7) is 5.47. The molecule has 1 saturated carbocycles. The van der Waals surface area contributed by atoms with Crippen molar-refractivity contribution in [2.45, 2.75) is 45.8 Å². The van der Waals surface area contributed by atoms with Gasteiger partial charge in [0.15, 0.2) is 6.10 Å². The second-order valence-corrected chi connectivity index (χ2v) is 7.00. The summed E-state index contributed by atoms with van der Waals surface area (Å²) in [7, 11) is 0. The Morgan fingerprint density at radius 2 is 1.96 bits per heavy atom. The summed E-state index contributed by atoms with van der Waals surface area (Å²) in [6.07, 6.45) is 2.82. The van der Waals surface area contributed by atoms with E-state index in [-0.39, 0.29) is 5.57 Å². The highest BCUT2D eigenvalue weighted by molar-refractivity contribution is 6.01. The standard InChI is InChI=1S/C22H23N3O3/c1-14-11-17(15(2)25(14)20-9-10-20)12-18(13-23)22(27)28-16(3)21(26)24-19-7-5-4-6-8-19/h4-8,11-12,16,20H,9-10H2,1-3H3,(H,24,26)/b18-12+/t16-/m1/s1. The Morgan fingerprint density at radius 3 is 2.57 bits per heavy atom. The molecule has 3 rings (SSSR count). The maximum Gasteiger partial charge on any atom is 0.349 e. The van der Waals surface area contributed by atoms with Crippen LogP contribution in [0.4, 0.5) is 5.69 Å². The predicted octanol–water partition coefficient (Wildman–Crippen LogP) is 3.92. The molecule has 6 heteroatoms. The Morgan fingerprint density at radius 1 is 1.29 bits per heavy atom. The van der Waals surface area contributed by atoms with Crippen LogP contribution in [0.3, 0.4) is 0 Å². The zero-order chi connectivity index (χ0) is 20.3. The van der Waals surface area contributed by atoms with Gasteiger partial charge in [0.25, 0.3) is 5.91 Å². The smallest absolute Gasteiger partial charge is 0.349 e. The van der Waals surface area contributed by atoms with Crippen LogP contribution in [0.15, 0.2) is 42.0 Å². The average Bonchev–Trinajstić information content (AvgIpc) is 3.46. The number of amides is 1. The quantitative estimate of drug-likeness (QED) is 0.470. The number of para-hydroxylation sites is 1. The number of ether oxygens (including phenoxy) is 1. The molecular formula is C22H23N3O3. The van der Waals surface area contributed by atoms with E-state index in [4.69, 9.17) is 4.74 Å². The van der Waals surface area contributed by atoms with Gasteiger partial charge in [0.05, 0.1) is 0 Å². The van der Waals surface area contributed by atoms with Crippen molar-refractivity contribution in [3.05, 3.63) is 58.9 Å². The summed E-state index contributed by atoms with van der Waals surface area (Å²) < 4.78 is 7.44. The largest absolute Gasteiger partial charge is 0.448 e. The molecule has 1 aliphatic carbocycles. The lowest BCUT2D eigenvalue weighted by Gasteiger charge is -2.13. The first-order chi connectivity index (χ1) is 13.4. The first-order valence-electron chi connectivity index (χ1n) is 9.28. The molecule has 0 unspecified atom stereocenters. The van der Waals surface area contributed by atoms with Crippen LogP contribution in [0.5, 0.6) is 0 Å². The molecular weight excluding hydrogens is 354 g/mol. The molecule has 1 aromatic carbocycles. The van der Waals surface area contributed by atoms with E-state index in [2.05, 4.69) is 9.88 Å². The molecule has 1 N–H and O–H groups in total. The van der Waals surface area contributed by atoms with Crippen molar-refractivity contribution in [3.63, 3.8) is 0 Å². The number of nitrogens with one attached hydrogen (secondary N) is 1. The molecule has 1 amide bonds. The van der Waals surface area contributed by atoms with Crippen LogP contribution in [-0.4, -0.2) is 22.5 Å². The number of aryl methyl sites for hydroxylation is 1. The Bertz CT molecular complexity index is 963. The normalized spacial score (nSPS) is 14.9. The fourth-order valence-electron chi connectivity index (χ4n) is 3.18. The lowest BCUT2D eigenvalue weighted by molar-refractivity contribution is -0.148. The van der Waals surface area contributed by atoms with Crippen molar-refractivity contribution in [2.24, 2.45) is 0 Å². The van der Waals surface area contributed by atoms with E-state index in [1.54, 1.807) is 24.3 Å². The maximum atomic E-state index is 12.4. The third-order valence-electron chi connectivity index (χ3n) is 4.77. The SMILES string of the molecule is Cc1cc(/C=C(\C#N)C(=O)O[C@H](C)C(=O)Nc2ccccc2)c(C)n1C1CC1. The molecule has 6 nitrogen and oxygen atoms in total. The van der Waals surface area contributed by atoms with Gasteiger partial charge in [0.1, 0.15) is 11.6 Å². The number of rotatable bonds is 6. The van der Waals surface area contributed by atoms with Crippen molar-refractivity contribution in [1.82, 2.24) is 4.57 Å². The van der Waals surface area contributed by atoms with E-state index in [1.165, 1.54) is 13.0 Å². The topological polar surface area (TPSA) is 84.1 Å². The van der Waals surface area contributed by atoms with Crippen LogP contribution in [0, 0.1) is 25.2 Å². The van der Waals surface area contributed by atoms with E-state index in [0.29, 0.717) is 11.7 Å². The Labute approximate surface area is 164 Å². The number of aromatic nitrogens is 1. The molecule has 1 atom stereocenters. The van der Waals surface area contributed by atoms with Crippen molar-refractivity contribution in [1.29, 1.82) is 5.26 Å². The molecule has 1 aromatic heterocycles. The first-order valence-corrected chi connectivity index (χ1v) is 9.28. The number of hydrogen-bond donors (Lipinski definition) is 1. The Kier molecular flexibility index (Phi) is 5.65. The van der Waals surface area contributed by atoms with Gasteiger partial charge in [0, 0.05) is 23.1 Å². The number of nitriles is 1. The van der Waals surface area contributed by atoms with E-state index in [0.717, 1.165) is 29.8 Å². The van der Waals surface area contributed by atoms with Gasteiger partial charge in [-0.05, 0) is 63.5 Å². The second-order valence-electron chi connectivity index (χ2n) is 7.00. The highest BCUT2D eigenvalue weighted by Gasteiger charge is 2.27. The molecule has 0 saturated heterocycles. The molecule has 1 fully saturated rings. The van der Waals surface area contributed by atoms with Crippen LogP contribution in [0.25, 0.3) is 6.08 Å². The van der Waals surface area contributed by atoms with Crippen LogP contribution >= 0.6 is 0 Å². The minimum atomic E-state index is -1.02. The summed E-state index contributed by atoms with van der Waals surface area (Å²) in [5.41, 5.74) is 3.43. The van der Waals surface area contributed by atoms with E-state index in [1.807, 2.05) is 32.0 Å². The Hall–Kier alpha value is -3.33. The summed E-state index contributed by atoms with van der Waals surface area (Å²) in [5, 5.41) is 12.1. The van der Waals surface area contributed by atoms with Crippen molar-refractivity contribution >= 4 is 23.6 Å². The summed E-state index contributed by atoms with van der Waals surface area (Å²) in [4.78, 5) is 24.6. The molecule has 0 spiro atoms. The fraction of sp³-hybridized carbons (Fsp3) is 0.318. The number of benzene rings is 1. The molecule has 144 valence electrons. The van der Waals surface area contributed by atoms with Gasteiger partial charge in [-0.1, -0.05) is 18.2 Å². The van der Waals surface area contributed by atoms with E-state index in [9.17, 15) is 14.9 Å². The van der Waals surface area contributed by atoms with Crippen molar-refractivity contribution in [2.75, 3.05) is 5.32 Å². The van der Waals surface area contributed by atoms with Crippen LogP contribution in [0.2, 0.25) is 0 Å². The van der Waals surface area contributed by atoms with Gasteiger partial charge in [-0.2, -0.15) is 5.26 Å². The third kappa shape index (κ3) is 4.32. The summed E-state index contributed by atoms with van der Waals surface area (Å²) in [5.74, 6) is -1.27. The van der Waals surface area contributed by atoms with Crippen LogP contribution in [-0.2, 0) is 14.3 Å². The third-order valence-corrected chi connectivity index (χ3v) is 4.77. The summed E-state index contributed by atoms with van der Waals surface area (Å²) >= 11 is 0.